The fourth-order valence-electron chi connectivity index (χ4n) is 2.80. The van der Waals surface area contributed by atoms with Crippen molar-refractivity contribution in [2.24, 2.45) is 0 Å². The first-order valence-electron chi connectivity index (χ1n) is 7.21. The van der Waals surface area contributed by atoms with Gasteiger partial charge in [-0.05, 0) is 17.7 Å². The minimum atomic E-state index is -2.99. The Morgan fingerprint density at radius 2 is 1.96 bits per heavy atom. The number of sulfone groups is 1. The van der Waals surface area contributed by atoms with Crippen LogP contribution in [0.5, 0.6) is 0 Å². The van der Waals surface area contributed by atoms with E-state index in [1.807, 2.05) is 4.90 Å². The van der Waals surface area contributed by atoms with Gasteiger partial charge in [-0.2, -0.15) is 0 Å². The minimum Gasteiger partial charge on any atom is -0.477 e. The predicted octanol–water partition coefficient (Wildman–Crippen LogP) is 1.00. The number of hydrogen-bond acceptors (Lipinski definition) is 6. The predicted molar refractivity (Wildman–Crippen MR) is 85.8 cm³/mol. The molecule has 128 valence electrons. The van der Waals surface area contributed by atoms with Crippen LogP contribution in [0.15, 0.2) is 18.2 Å². The molecular weight excluding hydrogens is 338 g/mol. The molecule has 2 aromatic rings. The van der Waals surface area contributed by atoms with Crippen LogP contribution in [0.4, 0.5) is 5.69 Å². The number of aromatic carboxylic acids is 1. The molecule has 1 saturated heterocycles. The molecule has 2 heterocycles. The van der Waals surface area contributed by atoms with Gasteiger partial charge in [0.25, 0.3) is 5.69 Å². The van der Waals surface area contributed by atoms with Crippen molar-refractivity contribution in [3.63, 3.8) is 0 Å². The summed E-state index contributed by atoms with van der Waals surface area (Å²) in [5.41, 5.74) is 0.501. The lowest BCUT2D eigenvalue weighted by molar-refractivity contribution is -0.383. The molecule has 10 heteroatoms. The normalized spacial score (nSPS) is 17.8. The zero-order valence-electron chi connectivity index (χ0n) is 12.6. The number of hydrogen-bond donors (Lipinski definition) is 2. The second kappa shape index (κ2) is 5.87. The fourth-order valence-corrected chi connectivity index (χ4v) is 4.08. The van der Waals surface area contributed by atoms with Crippen LogP contribution in [-0.4, -0.2) is 58.9 Å². The number of benzene rings is 1. The van der Waals surface area contributed by atoms with E-state index in [4.69, 9.17) is 5.11 Å². The van der Waals surface area contributed by atoms with Crippen molar-refractivity contribution in [2.45, 2.75) is 6.54 Å². The van der Waals surface area contributed by atoms with Crippen LogP contribution in [0.1, 0.15) is 16.1 Å². The first-order valence-corrected chi connectivity index (χ1v) is 9.03. The number of carbonyl (C=O) groups is 1. The average molecular weight is 353 g/mol. The Hall–Kier alpha value is -2.46. The average Bonchev–Trinajstić information content (AvgIpc) is 2.92. The first kappa shape index (κ1) is 16.4. The van der Waals surface area contributed by atoms with Crippen molar-refractivity contribution in [3.8, 4) is 0 Å². The number of nitro benzene ring substituents is 1. The minimum absolute atomic E-state index is 0.0741. The largest absolute Gasteiger partial charge is 0.477 e. The number of nitrogens with one attached hydrogen (secondary N) is 1. The van der Waals surface area contributed by atoms with Crippen molar-refractivity contribution < 1.29 is 23.2 Å². The van der Waals surface area contributed by atoms with E-state index < -0.39 is 20.7 Å². The summed E-state index contributed by atoms with van der Waals surface area (Å²) in [7, 11) is -2.99. The highest BCUT2D eigenvalue weighted by molar-refractivity contribution is 7.91. The standard InChI is InChI=1S/C14H15N3O6S/c18-14(19)11-7-10-5-9(6-12(17(20)21)13(10)15-11)8-16-1-3-24(22,23)4-2-16/h5-7,15H,1-4,8H2,(H,18,19). The van der Waals surface area contributed by atoms with E-state index in [0.717, 1.165) is 0 Å². The maximum atomic E-state index is 11.5. The van der Waals surface area contributed by atoms with Gasteiger partial charge < -0.3 is 10.1 Å². The Bertz CT molecular complexity index is 919. The summed E-state index contributed by atoms with van der Waals surface area (Å²) in [6, 6.07) is 4.44. The highest BCUT2D eigenvalue weighted by Crippen LogP contribution is 2.28. The van der Waals surface area contributed by atoms with Gasteiger partial charge >= 0.3 is 5.97 Å². The molecule has 1 fully saturated rings. The number of carboxylic acid groups (broad SMARTS) is 1. The summed E-state index contributed by atoms with van der Waals surface area (Å²) < 4.78 is 22.9. The Morgan fingerprint density at radius 3 is 2.54 bits per heavy atom. The zero-order valence-corrected chi connectivity index (χ0v) is 13.4. The Kier molecular flexibility index (Phi) is 4.01. The van der Waals surface area contributed by atoms with Crippen molar-refractivity contribution >= 4 is 32.4 Å². The van der Waals surface area contributed by atoms with Crippen molar-refractivity contribution in [3.05, 3.63) is 39.6 Å². The van der Waals surface area contributed by atoms with Gasteiger partial charge in [-0.25, -0.2) is 13.2 Å². The molecular formula is C14H15N3O6S. The van der Waals surface area contributed by atoms with Gasteiger partial charge in [0.2, 0.25) is 0 Å². The lowest BCUT2D eigenvalue weighted by atomic mass is 10.1. The second-order valence-corrected chi connectivity index (χ2v) is 8.06. The summed E-state index contributed by atoms with van der Waals surface area (Å²) in [6.07, 6.45) is 0. The molecule has 0 spiro atoms. The molecule has 0 aliphatic carbocycles. The number of non-ortho nitro benzene ring substituents is 1. The van der Waals surface area contributed by atoms with Crippen LogP contribution < -0.4 is 0 Å². The Labute approximate surface area is 137 Å². The van der Waals surface area contributed by atoms with Crippen LogP contribution in [0.3, 0.4) is 0 Å². The van der Waals surface area contributed by atoms with Crippen molar-refractivity contribution in [1.82, 2.24) is 9.88 Å². The van der Waals surface area contributed by atoms with E-state index in [-0.39, 0.29) is 28.4 Å². The van der Waals surface area contributed by atoms with Gasteiger partial charge in [0.05, 0.1) is 16.4 Å². The molecule has 2 N–H and O–H groups in total. The van der Waals surface area contributed by atoms with E-state index in [2.05, 4.69) is 4.98 Å². The molecule has 1 aromatic heterocycles. The van der Waals surface area contributed by atoms with E-state index in [0.29, 0.717) is 30.6 Å². The number of nitrogens with zero attached hydrogens (tertiary/aromatic N) is 2. The van der Waals surface area contributed by atoms with Gasteiger partial charge in [0.1, 0.15) is 11.2 Å². The quantitative estimate of drug-likeness (QED) is 0.618. The maximum Gasteiger partial charge on any atom is 0.352 e. The molecule has 0 bridgehead atoms. The monoisotopic (exact) mass is 353 g/mol. The molecule has 1 aromatic carbocycles. The number of H-pyrrole nitrogens is 1. The lowest BCUT2D eigenvalue weighted by Gasteiger charge is -2.26. The third-order valence-corrected chi connectivity index (χ3v) is 5.65. The molecule has 0 atom stereocenters. The van der Waals surface area contributed by atoms with Crippen molar-refractivity contribution in [2.75, 3.05) is 24.6 Å². The maximum absolute atomic E-state index is 11.5. The van der Waals surface area contributed by atoms with E-state index in [9.17, 15) is 23.3 Å². The van der Waals surface area contributed by atoms with E-state index in [1.54, 1.807) is 6.07 Å². The zero-order chi connectivity index (χ0) is 17.5. The van der Waals surface area contributed by atoms with Gasteiger partial charge in [0, 0.05) is 31.1 Å². The molecule has 0 radical (unpaired) electrons. The summed E-state index contributed by atoms with van der Waals surface area (Å²) in [5, 5.41) is 20.7. The molecule has 1 aliphatic rings. The molecule has 0 unspecified atom stereocenters. The lowest BCUT2D eigenvalue weighted by Crippen LogP contribution is -2.39. The van der Waals surface area contributed by atoms with Gasteiger partial charge in [-0.3, -0.25) is 15.0 Å². The number of aromatic nitrogens is 1. The third-order valence-electron chi connectivity index (χ3n) is 4.04. The SMILES string of the molecule is O=C(O)c1cc2cc(CN3CCS(=O)(=O)CC3)cc([N+](=O)[O-])c2[nH]1. The van der Waals surface area contributed by atoms with Crippen LogP contribution in [-0.2, 0) is 16.4 Å². The summed E-state index contributed by atoms with van der Waals surface area (Å²) in [5.74, 6) is -1.04. The number of fused-ring (bicyclic) bond motifs is 1. The van der Waals surface area contributed by atoms with Gasteiger partial charge in [-0.15, -0.1) is 0 Å². The molecule has 24 heavy (non-hydrogen) atoms. The molecule has 0 amide bonds. The van der Waals surface area contributed by atoms with E-state index >= 15 is 0 Å². The second-order valence-electron chi connectivity index (χ2n) is 5.75. The highest BCUT2D eigenvalue weighted by Gasteiger charge is 2.23. The number of rotatable bonds is 4. The van der Waals surface area contributed by atoms with Gasteiger partial charge in [-0.1, -0.05) is 0 Å². The van der Waals surface area contributed by atoms with E-state index in [1.165, 1.54) is 12.1 Å². The number of aromatic amines is 1. The van der Waals surface area contributed by atoms with Crippen molar-refractivity contribution in [1.29, 1.82) is 0 Å². The third kappa shape index (κ3) is 3.24. The first-order chi connectivity index (χ1) is 11.2. The summed E-state index contributed by atoms with van der Waals surface area (Å²) >= 11 is 0. The molecule has 3 rings (SSSR count). The summed E-state index contributed by atoms with van der Waals surface area (Å²) in [6.45, 7) is 1.13. The highest BCUT2D eigenvalue weighted by atomic mass is 32.2. The molecule has 1 aliphatic heterocycles. The van der Waals surface area contributed by atoms with Crippen LogP contribution in [0, 0.1) is 10.1 Å². The topological polar surface area (TPSA) is 134 Å². The fraction of sp³-hybridized carbons (Fsp3) is 0.357. The van der Waals surface area contributed by atoms with Crippen LogP contribution in [0.25, 0.3) is 10.9 Å². The van der Waals surface area contributed by atoms with Crippen LogP contribution in [0.2, 0.25) is 0 Å². The summed E-state index contributed by atoms with van der Waals surface area (Å²) in [4.78, 5) is 26.2. The smallest absolute Gasteiger partial charge is 0.352 e. The number of carboxylic acids is 1. The van der Waals surface area contributed by atoms with Gasteiger partial charge in [0.15, 0.2) is 9.84 Å². The molecule has 0 saturated carbocycles. The van der Waals surface area contributed by atoms with Crippen LogP contribution >= 0.6 is 0 Å². The Morgan fingerprint density at radius 1 is 1.29 bits per heavy atom. The Balaban J connectivity index is 1.94. The number of nitro groups is 1. The molecule has 9 nitrogen and oxygen atoms in total.